The zero-order valence-corrected chi connectivity index (χ0v) is 9.56. The largest absolute Gasteiger partial charge is 0.461 e. The predicted octanol–water partition coefficient (Wildman–Crippen LogP) is 1.67. The van der Waals surface area contributed by atoms with Crippen molar-refractivity contribution < 1.29 is 9.53 Å². The third-order valence-electron chi connectivity index (χ3n) is 1.86. The number of pyridine rings is 1. The first-order chi connectivity index (χ1) is 7.24. The summed E-state index contributed by atoms with van der Waals surface area (Å²) in [5.41, 5.74) is 0.847. The quantitative estimate of drug-likeness (QED) is 0.779. The van der Waals surface area contributed by atoms with Crippen molar-refractivity contribution in [1.82, 2.24) is 14.8 Å². The Kier molecular flexibility index (Phi) is 2.68. The Hall–Kier alpha value is -1.43. The minimum absolute atomic E-state index is 0.226. The maximum Gasteiger partial charge on any atom is 0.361 e. The Balaban J connectivity index is 2.57. The number of nitrogens with zero attached hydrogens (tertiary/aromatic N) is 3. The Bertz CT molecular complexity index is 509. The van der Waals surface area contributed by atoms with Gasteiger partial charge in [-0.1, -0.05) is 5.21 Å². The molecule has 0 aliphatic heterocycles. The second-order valence-corrected chi connectivity index (χ2v) is 3.66. The van der Waals surface area contributed by atoms with Crippen LogP contribution in [0.25, 0.3) is 5.52 Å². The van der Waals surface area contributed by atoms with Crippen molar-refractivity contribution in [3.05, 3.63) is 28.5 Å². The lowest BCUT2D eigenvalue weighted by molar-refractivity contribution is 0.0521. The molecule has 0 amide bonds. The molecule has 2 rings (SSSR count). The van der Waals surface area contributed by atoms with E-state index in [1.807, 2.05) is 6.07 Å². The molecular formula is C9H8BrN3O2. The first kappa shape index (κ1) is 10.1. The molecule has 0 spiro atoms. The second kappa shape index (κ2) is 3.98. The summed E-state index contributed by atoms with van der Waals surface area (Å²) < 4.78 is 7.16. The molecule has 2 heterocycles. The molecule has 0 fully saturated rings. The minimum Gasteiger partial charge on any atom is -0.461 e. The number of carbonyl (C=O) groups is 1. The van der Waals surface area contributed by atoms with Crippen LogP contribution in [0.15, 0.2) is 22.8 Å². The lowest BCUT2D eigenvalue weighted by atomic mass is 10.3. The third-order valence-corrected chi connectivity index (χ3v) is 2.50. The maximum atomic E-state index is 11.5. The van der Waals surface area contributed by atoms with Crippen molar-refractivity contribution in [2.24, 2.45) is 0 Å². The average molecular weight is 270 g/mol. The van der Waals surface area contributed by atoms with E-state index in [0.717, 1.165) is 4.47 Å². The number of hydrogen-bond donors (Lipinski definition) is 0. The van der Waals surface area contributed by atoms with Gasteiger partial charge >= 0.3 is 5.97 Å². The second-order valence-electron chi connectivity index (χ2n) is 2.81. The van der Waals surface area contributed by atoms with E-state index in [-0.39, 0.29) is 5.69 Å². The SMILES string of the molecule is CCOC(=O)c1nnn2cccc(Br)c12. The fraction of sp³-hybridized carbons (Fsp3) is 0.222. The Morgan fingerprint density at radius 3 is 3.20 bits per heavy atom. The van der Waals surface area contributed by atoms with Gasteiger partial charge in [-0.2, -0.15) is 0 Å². The van der Waals surface area contributed by atoms with E-state index in [2.05, 4.69) is 26.2 Å². The predicted molar refractivity (Wildman–Crippen MR) is 56.6 cm³/mol. The van der Waals surface area contributed by atoms with Gasteiger partial charge in [0, 0.05) is 10.7 Å². The van der Waals surface area contributed by atoms with Crippen molar-refractivity contribution in [2.75, 3.05) is 6.61 Å². The summed E-state index contributed by atoms with van der Waals surface area (Å²) in [5.74, 6) is -0.459. The van der Waals surface area contributed by atoms with Gasteiger partial charge in [0.15, 0.2) is 5.69 Å². The van der Waals surface area contributed by atoms with Gasteiger partial charge in [0.05, 0.1) is 6.61 Å². The molecule has 0 unspecified atom stereocenters. The third kappa shape index (κ3) is 1.72. The first-order valence-electron chi connectivity index (χ1n) is 4.40. The zero-order chi connectivity index (χ0) is 10.8. The topological polar surface area (TPSA) is 56.5 Å². The summed E-state index contributed by atoms with van der Waals surface area (Å²) in [4.78, 5) is 11.5. The summed E-state index contributed by atoms with van der Waals surface area (Å²) >= 11 is 3.34. The molecule has 0 aliphatic rings. The summed E-state index contributed by atoms with van der Waals surface area (Å²) in [6.07, 6.45) is 1.72. The van der Waals surface area contributed by atoms with Gasteiger partial charge < -0.3 is 4.74 Å². The highest BCUT2D eigenvalue weighted by molar-refractivity contribution is 9.10. The van der Waals surface area contributed by atoms with Crippen LogP contribution in [0.1, 0.15) is 17.4 Å². The van der Waals surface area contributed by atoms with Gasteiger partial charge in [0.1, 0.15) is 5.52 Å². The van der Waals surface area contributed by atoms with Crippen LogP contribution in [0.4, 0.5) is 0 Å². The number of aromatic nitrogens is 3. The summed E-state index contributed by atoms with van der Waals surface area (Å²) in [6, 6.07) is 3.63. The Morgan fingerprint density at radius 1 is 1.67 bits per heavy atom. The first-order valence-corrected chi connectivity index (χ1v) is 5.20. The number of halogens is 1. The lowest BCUT2D eigenvalue weighted by Crippen LogP contribution is -2.05. The molecule has 0 radical (unpaired) electrons. The number of hydrogen-bond acceptors (Lipinski definition) is 4. The zero-order valence-electron chi connectivity index (χ0n) is 7.98. The number of carbonyl (C=O) groups excluding carboxylic acids is 1. The Morgan fingerprint density at radius 2 is 2.47 bits per heavy atom. The maximum absolute atomic E-state index is 11.5. The van der Waals surface area contributed by atoms with Crippen LogP contribution in [-0.4, -0.2) is 27.4 Å². The smallest absolute Gasteiger partial charge is 0.361 e. The molecule has 0 saturated heterocycles. The van der Waals surface area contributed by atoms with Crippen molar-refractivity contribution in [3.8, 4) is 0 Å². The highest BCUT2D eigenvalue weighted by Gasteiger charge is 2.17. The van der Waals surface area contributed by atoms with Crippen LogP contribution in [0.3, 0.4) is 0 Å². The minimum atomic E-state index is -0.459. The molecule has 15 heavy (non-hydrogen) atoms. The van der Waals surface area contributed by atoms with Crippen LogP contribution >= 0.6 is 15.9 Å². The van der Waals surface area contributed by atoms with E-state index in [1.165, 1.54) is 4.52 Å². The Labute approximate surface area is 94.2 Å². The van der Waals surface area contributed by atoms with Crippen LogP contribution < -0.4 is 0 Å². The van der Waals surface area contributed by atoms with E-state index in [9.17, 15) is 4.79 Å². The van der Waals surface area contributed by atoms with Crippen molar-refractivity contribution in [3.63, 3.8) is 0 Å². The number of rotatable bonds is 2. The summed E-state index contributed by atoms with van der Waals surface area (Å²) in [7, 11) is 0. The van der Waals surface area contributed by atoms with Crippen LogP contribution in [0.5, 0.6) is 0 Å². The number of esters is 1. The highest BCUT2D eigenvalue weighted by atomic mass is 79.9. The molecule has 2 aromatic heterocycles. The molecule has 0 atom stereocenters. The van der Waals surface area contributed by atoms with Crippen LogP contribution in [-0.2, 0) is 4.74 Å². The molecule has 2 aromatic rings. The van der Waals surface area contributed by atoms with Crippen LogP contribution in [0, 0.1) is 0 Å². The van der Waals surface area contributed by atoms with E-state index in [0.29, 0.717) is 12.1 Å². The monoisotopic (exact) mass is 269 g/mol. The van der Waals surface area contributed by atoms with Crippen molar-refractivity contribution >= 4 is 27.4 Å². The molecule has 0 N–H and O–H groups in total. The van der Waals surface area contributed by atoms with Crippen molar-refractivity contribution in [2.45, 2.75) is 6.92 Å². The van der Waals surface area contributed by atoms with Gasteiger partial charge in [0.2, 0.25) is 0 Å². The van der Waals surface area contributed by atoms with E-state index in [1.54, 1.807) is 19.2 Å². The number of ether oxygens (including phenoxy) is 1. The molecule has 0 saturated carbocycles. The van der Waals surface area contributed by atoms with Gasteiger partial charge in [-0.3, -0.25) is 0 Å². The molecule has 78 valence electrons. The van der Waals surface area contributed by atoms with E-state index in [4.69, 9.17) is 4.74 Å². The van der Waals surface area contributed by atoms with Gasteiger partial charge in [-0.25, -0.2) is 9.31 Å². The molecule has 5 nitrogen and oxygen atoms in total. The fourth-order valence-corrected chi connectivity index (χ4v) is 1.77. The highest BCUT2D eigenvalue weighted by Crippen LogP contribution is 2.20. The lowest BCUT2D eigenvalue weighted by Gasteiger charge is -1.99. The molecule has 0 aliphatic carbocycles. The average Bonchev–Trinajstić information content (AvgIpc) is 2.63. The fourth-order valence-electron chi connectivity index (χ4n) is 1.25. The standard InChI is InChI=1S/C9H8BrN3O2/c1-2-15-9(14)7-8-6(10)4-3-5-13(8)12-11-7/h3-5H,2H2,1H3. The van der Waals surface area contributed by atoms with Gasteiger partial charge in [-0.05, 0) is 35.0 Å². The normalized spacial score (nSPS) is 10.5. The molecule has 6 heteroatoms. The molecule has 0 bridgehead atoms. The summed E-state index contributed by atoms with van der Waals surface area (Å²) in [6.45, 7) is 2.07. The number of fused-ring (bicyclic) bond motifs is 1. The molecule has 0 aromatic carbocycles. The van der Waals surface area contributed by atoms with Crippen molar-refractivity contribution in [1.29, 1.82) is 0 Å². The van der Waals surface area contributed by atoms with Gasteiger partial charge in [0.25, 0.3) is 0 Å². The van der Waals surface area contributed by atoms with Gasteiger partial charge in [-0.15, -0.1) is 5.10 Å². The molecular weight excluding hydrogens is 262 g/mol. The summed E-state index contributed by atoms with van der Waals surface area (Å²) in [5, 5.41) is 7.60. The van der Waals surface area contributed by atoms with E-state index >= 15 is 0 Å². The van der Waals surface area contributed by atoms with E-state index < -0.39 is 5.97 Å². The van der Waals surface area contributed by atoms with Crippen LogP contribution in [0.2, 0.25) is 0 Å².